The molecule has 2 aromatic carbocycles. The summed E-state index contributed by atoms with van der Waals surface area (Å²) in [7, 11) is 2.25. The van der Waals surface area contributed by atoms with Gasteiger partial charge in [-0.15, -0.1) is 0 Å². The summed E-state index contributed by atoms with van der Waals surface area (Å²) >= 11 is 0. The predicted molar refractivity (Wildman–Crippen MR) is 105 cm³/mol. The second-order valence-corrected chi connectivity index (χ2v) is 7.73. The van der Waals surface area contributed by atoms with Crippen molar-refractivity contribution < 1.29 is 4.79 Å². The van der Waals surface area contributed by atoms with E-state index in [0.29, 0.717) is 12.3 Å². The van der Waals surface area contributed by atoms with Gasteiger partial charge in [0, 0.05) is 31.6 Å². The first kappa shape index (κ1) is 17.3. The van der Waals surface area contributed by atoms with Crippen LogP contribution in [0.5, 0.6) is 0 Å². The lowest BCUT2D eigenvalue weighted by Gasteiger charge is -2.51. The van der Waals surface area contributed by atoms with E-state index in [9.17, 15) is 4.79 Å². The Hall–Kier alpha value is -2.13. The van der Waals surface area contributed by atoms with Crippen molar-refractivity contribution in [1.82, 2.24) is 9.80 Å². The molecule has 3 heteroatoms. The Kier molecular flexibility index (Phi) is 4.82. The Morgan fingerprint density at radius 2 is 1.65 bits per heavy atom. The van der Waals surface area contributed by atoms with Gasteiger partial charge in [-0.05, 0) is 49.4 Å². The van der Waals surface area contributed by atoms with Gasteiger partial charge in [0.15, 0.2) is 0 Å². The molecule has 1 fully saturated rings. The number of rotatable bonds is 3. The Morgan fingerprint density at radius 1 is 0.962 bits per heavy atom. The van der Waals surface area contributed by atoms with Crippen LogP contribution >= 0.6 is 0 Å². The van der Waals surface area contributed by atoms with Crippen LogP contribution in [0.15, 0.2) is 54.6 Å². The molecule has 1 spiro atoms. The Labute approximate surface area is 156 Å². The second kappa shape index (κ2) is 7.24. The molecule has 0 unspecified atom stereocenters. The molecule has 2 aliphatic heterocycles. The summed E-state index contributed by atoms with van der Waals surface area (Å²) in [5.41, 5.74) is 4.35. The molecule has 3 nitrogen and oxygen atoms in total. The minimum absolute atomic E-state index is 0.116. The van der Waals surface area contributed by atoms with Gasteiger partial charge < -0.3 is 4.90 Å². The van der Waals surface area contributed by atoms with Gasteiger partial charge in [0.25, 0.3) is 0 Å². The molecule has 0 radical (unpaired) electrons. The Bertz CT molecular complexity index is 763. The third-order valence-electron chi connectivity index (χ3n) is 6.38. The zero-order valence-electron chi connectivity index (χ0n) is 15.7. The highest BCUT2D eigenvalue weighted by Gasteiger charge is 2.43. The van der Waals surface area contributed by atoms with E-state index in [0.717, 1.165) is 45.3 Å². The quantitative estimate of drug-likeness (QED) is 0.846. The molecular formula is C23H28N2O. The SMILES string of the molecule is CN1CCc2ccccc2C12CCN(C(=O)CCc1ccccc1)CC2. The fraction of sp³-hybridized carbons (Fsp3) is 0.435. The lowest BCUT2D eigenvalue weighted by Crippen LogP contribution is -2.55. The molecule has 26 heavy (non-hydrogen) atoms. The highest BCUT2D eigenvalue weighted by Crippen LogP contribution is 2.42. The number of aryl methyl sites for hydroxylation is 1. The van der Waals surface area contributed by atoms with Crippen LogP contribution < -0.4 is 0 Å². The molecule has 0 bridgehead atoms. The molecule has 2 heterocycles. The average Bonchev–Trinajstić information content (AvgIpc) is 2.70. The molecule has 0 aliphatic carbocycles. The van der Waals surface area contributed by atoms with E-state index >= 15 is 0 Å². The number of likely N-dealkylation sites (tertiary alicyclic amines) is 1. The van der Waals surface area contributed by atoms with E-state index in [2.05, 4.69) is 53.2 Å². The van der Waals surface area contributed by atoms with Crippen LogP contribution in [-0.2, 0) is 23.2 Å². The first-order chi connectivity index (χ1) is 12.7. The first-order valence-corrected chi connectivity index (χ1v) is 9.80. The summed E-state index contributed by atoms with van der Waals surface area (Å²) in [5, 5.41) is 0. The Morgan fingerprint density at radius 3 is 2.42 bits per heavy atom. The van der Waals surface area contributed by atoms with E-state index in [1.54, 1.807) is 0 Å². The summed E-state index contributed by atoms with van der Waals surface area (Å²) in [6.45, 7) is 2.84. The highest BCUT2D eigenvalue weighted by atomic mass is 16.2. The van der Waals surface area contributed by atoms with Gasteiger partial charge in [0.05, 0.1) is 0 Å². The number of hydrogen-bond donors (Lipinski definition) is 0. The third-order valence-corrected chi connectivity index (χ3v) is 6.38. The summed E-state index contributed by atoms with van der Waals surface area (Å²) in [6, 6.07) is 19.2. The van der Waals surface area contributed by atoms with Crippen molar-refractivity contribution in [2.45, 2.75) is 37.6 Å². The highest BCUT2D eigenvalue weighted by molar-refractivity contribution is 5.76. The fourth-order valence-corrected chi connectivity index (χ4v) is 4.73. The number of hydrogen-bond acceptors (Lipinski definition) is 2. The number of nitrogens with zero attached hydrogens (tertiary/aromatic N) is 2. The molecule has 2 aromatic rings. The van der Waals surface area contributed by atoms with Gasteiger partial charge in [0.1, 0.15) is 0 Å². The minimum Gasteiger partial charge on any atom is -0.343 e. The van der Waals surface area contributed by atoms with Crippen molar-refractivity contribution in [1.29, 1.82) is 0 Å². The lowest BCUT2D eigenvalue weighted by molar-refractivity contribution is -0.134. The average molecular weight is 348 g/mol. The van der Waals surface area contributed by atoms with Crippen LogP contribution in [0, 0.1) is 0 Å². The van der Waals surface area contributed by atoms with Gasteiger partial charge >= 0.3 is 0 Å². The van der Waals surface area contributed by atoms with Crippen molar-refractivity contribution >= 4 is 5.91 Å². The molecule has 0 atom stereocenters. The molecule has 4 rings (SSSR count). The van der Waals surface area contributed by atoms with Crippen LogP contribution in [0.3, 0.4) is 0 Å². The van der Waals surface area contributed by atoms with Gasteiger partial charge in [-0.2, -0.15) is 0 Å². The molecule has 2 aliphatic rings. The van der Waals surface area contributed by atoms with E-state index in [-0.39, 0.29) is 5.54 Å². The predicted octanol–water partition coefficient (Wildman–Crippen LogP) is 3.63. The summed E-state index contributed by atoms with van der Waals surface area (Å²) < 4.78 is 0. The van der Waals surface area contributed by atoms with Crippen LogP contribution in [0.4, 0.5) is 0 Å². The lowest BCUT2D eigenvalue weighted by atomic mass is 9.74. The maximum atomic E-state index is 12.7. The standard InChI is InChI=1S/C23H28N2O/c1-24-16-13-20-9-5-6-10-21(20)23(24)14-17-25(18-15-23)22(26)12-11-19-7-3-2-4-8-19/h2-10H,11-18H2,1H3. The van der Waals surface area contributed by atoms with Crippen molar-refractivity contribution in [2.24, 2.45) is 0 Å². The zero-order valence-corrected chi connectivity index (χ0v) is 15.7. The molecular weight excluding hydrogens is 320 g/mol. The maximum absolute atomic E-state index is 12.7. The van der Waals surface area contributed by atoms with Gasteiger partial charge in [-0.25, -0.2) is 0 Å². The van der Waals surface area contributed by atoms with E-state index < -0.39 is 0 Å². The van der Waals surface area contributed by atoms with E-state index in [1.807, 2.05) is 18.2 Å². The van der Waals surface area contributed by atoms with Crippen molar-refractivity contribution in [3.63, 3.8) is 0 Å². The van der Waals surface area contributed by atoms with Crippen LogP contribution in [-0.4, -0.2) is 42.4 Å². The van der Waals surface area contributed by atoms with Crippen molar-refractivity contribution in [3.05, 3.63) is 71.3 Å². The molecule has 0 N–H and O–H groups in total. The fourth-order valence-electron chi connectivity index (χ4n) is 4.73. The Balaban J connectivity index is 1.41. The molecule has 136 valence electrons. The number of carbonyl (C=O) groups excluding carboxylic acids is 1. The minimum atomic E-state index is 0.116. The molecule has 1 amide bonds. The van der Waals surface area contributed by atoms with Gasteiger partial charge in [0.2, 0.25) is 5.91 Å². The van der Waals surface area contributed by atoms with Gasteiger partial charge in [-0.3, -0.25) is 9.69 Å². The van der Waals surface area contributed by atoms with Crippen LogP contribution in [0.2, 0.25) is 0 Å². The van der Waals surface area contributed by atoms with Gasteiger partial charge in [-0.1, -0.05) is 54.6 Å². The number of fused-ring (bicyclic) bond motifs is 2. The number of piperidine rings is 1. The molecule has 1 saturated heterocycles. The topological polar surface area (TPSA) is 23.6 Å². The maximum Gasteiger partial charge on any atom is 0.222 e. The van der Waals surface area contributed by atoms with E-state index in [4.69, 9.17) is 0 Å². The number of benzene rings is 2. The van der Waals surface area contributed by atoms with Crippen molar-refractivity contribution in [2.75, 3.05) is 26.7 Å². The van der Waals surface area contributed by atoms with E-state index in [1.165, 1.54) is 16.7 Å². The van der Waals surface area contributed by atoms with Crippen LogP contribution in [0.1, 0.15) is 36.0 Å². The van der Waals surface area contributed by atoms with Crippen molar-refractivity contribution in [3.8, 4) is 0 Å². The normalized spacial score (nSPS) is 19.3. The van der Waals surface area contributed by atoms with Crippen LogP contribution in [0.25, 0.3) is 0 Å². The monoisotopic (exact) mass is 348 g/mol. The molecule has 0 saturated carbocycles. The zero-order chi connectivity index (χ0) is 18.0. The number of likely N-dealkylation sites (N-methyl/N-ethyl adjacent to an activating group) is 1. The summed E-state index contributed by atoms with van der Waals surface area (Å²) in [5.74, 6) is 0.301. The third kappa shape index (κ3) is 3.16. The summed E-state index contributed by atoms with van der Waals surface area (Å²) in [4.78, 5) is 17.3. The number of carbonyl (C=O) groups is 1. The summed E-state index contributed by atoms with van der Waals surface area (Å²) in [6.07, 6.45) is 4.66. The first-order valence-electron chi connectivity index (χ1n) is 9.80. The molecule has 0 aromatic heterocycles. The second-order valence-electron chi connectivity index (χ2n) is 7.73. The smallest absolute Gasteiger partial charge is 0.222 e. The largest absolute Gasteiger partial charge is 0.343 e. The number of amides is 1.